The molecule has 9 nitrogen and oxygen atoms in total. The Morgan fingerprint density at radius 2 is 1.31 bits per heavy atom. The molecule has 0 saturated heterocycles. The number of benzene rings is 3. The van der Waals surface area contributed by atoms with Gasteiger partial charge >= 0.3 is 12.1 Å². The van der Waals surface area contributed by atoms with E-state index in [0.717, 1.165) is 11.1 Å². The first-order valence-electron chi connectivity index (χ1n) is 10.8. The van der Waals surface area contributed by atoms with Crippen LogP contribution in [0.3, 0.4) is 0 Å². The van der Waals surface area contributed by atoms with Crippen molar-refractivity contribution in [3.05, 3.63) is 108 Å². The summed E-state index contributed by atoms with van der Waals surface area (Å²) < 4.78 is 5.21. The van der Waals surface area contributed by atoms with Crippen LogP contribution in [0.1, 0.15) is 21.5 Å². The maximum atomic E-state index is 12.8. The molecule has 3 rings (SSSR count). The normalized spacial score (nSPS) is 11.0. The molecule has 9 heteroatoms. The number of hydrogen-bond donors (Lipinski definition) is 3. The summed E-state index contributed by atoms with van der Waals surface area (Å²) in [6.07, 6.45) is -0.594. The summed E-state index contributed by atoms with van der Waals surface area (Å²) in [7, 11) is 0. The average Bonchev–Trinajstić information content (AvgIpc) is 2.90. The smallest absolute Gasteiger partial charge is 0.408 e. The van der Waals surface area contributed by atoms with Crippen LogP contribution < -0.4 is 16.1 Å². The van der Waals surface area contributed by atoms with Gasteiger partial charge in [-0.1, -0.05) is 78.9 Å². The average molecular weight is 476 g/mol. The molecule has 0 fully saturated rings. The van der Waals surface area contributed by atoms with Gasteiger partial charge in [0.1, 0.15) is 12.6 Å². The lowest BCUT2D eigenvalue weighted by Gasteiger charge is -2.18. The zero-order valence-electron chi connectivity index (χ0n) is 18.8. The van der Waals surface area contributed by atoms with Gasteiger partial charge < -0.3 is 20.2 Å². The Morgan fingerprint density at radius 3 is 1.94 bits per heavy atom. The molecule has 0 aliphatic heterocycles. The fourth-order valence-electron chi connectivity index (χ4n) is 3.03. The first kappa shape index (κ1) is 25.0. The van der Waals surface area contributed by atoms with Gasteiger partial charge in [0.05, 0.1) is 12.1 Å². The zero-order chi connectivity index (χ0) is 24.9. The highest BCUT2D eigenvalue weighted by molar-refractivity contribution is 5.92. The molecule has 0 aliphatic rings. The highest BCUT2D eigenvalue weighted by Crippen LogP contribution is 2.05. The van der Waals surface area contributed by atoms with Gasteiger partial charge in [0.15, 0.2) is 0 Å². The molecule has 180 valence electrons. The Labute approximate surface area is 202 Å². The van der Waals surface area contributed by atoms with Gasteiger partial charge in [-0.3, -0.25) is 9.59 Å². The number of carbonyl (C=O) groups is 4. The van der Waals surface area contributed by atoms with Crippen molar-refractivity contribution >= 4 is 23.9 Å². The predicted molar refractivity (Wildman–Crippen MR) is 127 cm³/mol. The van der Waals surface area contributed by atoms with Crippen LogP contribution in [0.5, 0.6) is 0 Å². The molecule has 0 heterocycles. The van der Waals surface area contributed by atoms with Crippen LogP contribution in [0.4, 0.5) is 4.79 Å². The molecule has 0 spiro atoms. The minimum absolute atomic E-state index is 0.0432. The lowest BCUT2D eigenvalue weighted by molar-refractivity contribution is -0.132. The number of amides is 3. The number of hydroxylamine groups is 1. The first-order chi connectivity index (χ1) is 17.0. The summed E-state index contributed by atoms with van der Waals surface area (Å²) >= 11 is 0. The van der Waals surface area contributed by atoms with Crippen LogP contribution in [0.25, 0.3) is 0 Å². The summed E-state index contributed by atoms with van der Waals surface area (Å²) in [5.74, 6) is -2.09. The van der Waals surface area contributed by atoms with E-state index in [4.69, 9.17) is 9.57 Å². The van der Waals surface area contributed by atoms with Gasteiger partial charge in [0, 0.05) is 6.42 Å². The Balaban J connectivity index is 1.51. The van der Waals surface area contributed by atoms with E-state index in [1.807, 2.05) is 66.1 Å². The summed E-state index contributed by atoms with van der Waals surface area (Å²) in [5, 5.41) is 4.97. The Morgan fingerprint density at radius 1 is 0.743 bits per heavy atom. The summed E-state index contributed by atoms with van der Waals surface area (Å²) in [6, 6.07) is 25.3. The lowest BCUT2D eigenvalue weighted by Crippen LogP contribution is -2.50. The third kappa shape index (κ3) is 8.65. The van der Waals surface area contributed by atoms with Crippen LogP contribution in [0, 0.1) is 0 Å². The maximum Gasteiger partial charge on any atom is 0.408 e. The first-order valence-corrected chi connectivity index (χ1v) is 10.8. The Bertz CT molecular complexity index is 1120. The van der Waals surface area contributed by atoms with E-state index in [0.29, 0.717) is 0 Å². The standard InChI is InChI=1S/C26H25N3O6/c30-23(29-35-25(32)21-14-8-3-9-15-21)17-27-24(31)22(16-19-10-4-1-5-11-19)28-26(33)34-18-20-12-6-2-7-13-20/h1-15,22H,16-18H2,(H,27,31)(H,28,33)(H,29,30). The van der Waals surface area contributed by atoms with Crippen LogP contribution in [0.15, 0.2) is 91.0 Å². The number of carbonyl (C=O) groups excluding carboxylic acids is 4. The Kier molecular flexibility index (Phi) is 9.38. The summed E-state index contributed by atoms with van der Waals surface area (Å²) in [6.45, 7) is -0.422. The van der Waals surface area contributed by atoms with Crippen LogP contribution in [-0.4, -0.2) is 36.5 Å². The van der Waals surface area contributed by atoms with E-state index >= 15 is 0 Å². The van der Waals surface area contributed by atoms with Crippen molar-refractivity contribution in [2.45, 2.75) is 19.1 Å². The van der Waals surface area contributed by atoms with E-state index in [-0.39, 0.29) is 18.6 Å². The number of rotatable bonds is 9. The van der Waals surface area contributed by atoms with Crippen LogP contribution in [0.2, 0.25) is 0 Å². The van der Waals surface area contributed by atoms with E-state index in [1.165, 1.54) is 12.1 Å². The topological polar surface area (TPSA) is 123 Å². The third-order valence-corrected chi connectivity index (χ3v) is 4.79. The molecule has 1 atom stereocenters. The van der Waals surface area contributed by atoms with Crippen molar-refractivity contribution in [3.63, 3.8) is 0 Å². The van der Waals surface area contributed by atoms with Gasteiger partial charge in [-0.2, -0.15) is 5.48 Å². The minimum Gasteiger partial charge on any atom is -0.445 e. The van der Waals surface area contributed by atoms with Crippen molar-refractivity contribution in [2.24, 2.45) is 0 Å². The maximum absolute atomic E-state index is 12.8. The van der Waals surface area contributed by atoms with Crippen molar-refractivity contribution in [3.8, 4) is 0 Å². The van der Waals surface area contributed by atoms with Gasteiger partial charge in [0.2, 0.25) is 5.91 Å². The fraction of sp³-hybridized carbons (Fsp3) is 0.154. The molecular formula is C26H25N3O6. The lowest BCUT2D eigenvalue weighted by atomic mass is 10.1. The quantitative estimate of drug-likeness (QED) is 0.409. The molecule has 3 aromatic rings. The second-order valence-corrected chi connectivity index (χ2v) is 7.45. The van der Waals surface area contributed by atoms with Crippen molar-refractivity contribution in [1.29, 1.82) is 0 Å². The van der Waals surface area contributed by atoms with E-state index in [1.54, 1.807) is 18.2 Å². The molecule has 3 N–H and O–H groups in total. The zero-order valence-corrected chi connectivity index (χ0v) is 18.8. The predicted octanol–water partition coefficient (Wildman–Crippen LogP) is 2.53. The van der Waals surface area contributed by atoms with Crippen molar-refractivity contribution in [2.75, 3.05) is 6.54 Å². The highest BCUT2D eigenvalue weighted by atomic mass is 16.7. The summed E-state index contributed by atoms with van der Waals surface area (Å²) in [5.41, 5.74) is 3.85. The van der Waals surface area contributed by atoms with E-state index in [2.05, 4.69) is 10.6 Å². The molecule has 0 aliphatic carbocycles. The second kappa shape index (κ2) is 13.1. The molecule has 1 unspecified atom stereocenters. The van der Waals surface area contributed by atoms with Gasteiger partial charge in [-0.15, -0.1) is 0 Å². The molecule has 35 heavy (non-hydrogen) atoms. The fourth-order valence-corrected chi connectivity index (χ4v) is 3.03. The second-order valence-electron chi connectivity index (χ2n) is 7.45. The highest BCUT2D eigenvalue weighted by Gasteiger charge is 2.23. The van der Waals surface area contributed by atoms with E-state index in [9.17, 15) is 19.2 Å². The molecule has 0 saturated carbocycles. The van der Waals surface area contributed by atoms with Gasteiger partial charge in [-0.05, 0) is 23.3 Å². The van der Waals surface area contributed by atoms with Gasteiger partial charge in [0.25, 0.3) is 5.91 Å². The number of hydrogen-bond acceptors (Lipinski definition) is 6. The molecule has 3 aromatic carbocycles. The van der Waals surface area contributed by atoms with Crippen molar-refractivity contribution in [1.82, 2.24) is 16.1 Å². The molecule has 0 radical (unpaired) electrons. The molecular weight excluding hydrogens is 450 g/mol. The van der Waals surface area contributed by atoms with Gasteiger partial charge in [-0.25, -0.2) is 9.59 Å². The van der Waals surface area contributed by atoms with Crippen LogP contribution in [-0.2, 0) is 32.2 Å². The van der Waals surface area contributed by atoms with E-state index < -0.39 is 36.5 Å². The SMILES string of the molecule is O=C(CNC(=O)C(Cc1ccccc1)NC(=O)OCc1ccccc1)NOC(=O)c1ccccc1. The molecule has 0 aromatic heterocycles. The summed E-state index contributed by atoms with van der Waals surface area (Å²) in [4.78, 5) is 53.7. The number of nitrogens with one attached hydrogen (secondary N) is 3. The number of alkyl carbamates (subject to hydrolysis) is 1. The largest absolute Gasteiger partial charge is 0.445 e. The minimum atomic E-state index is -1.000. The molecule has 0 bridgehead atoms. The Hall–Kier alpha value is -4.66. The molecule has 3 amide bonds. The van der Waals surface area contributed by atoms with Crippen LogP contribution >= 0.6 is 0 Å². The van der Waals surface area contributed by atoms with Crippen molar-refractivity contribution < 1.29 is 28.8 Å². The number of ether oxygens (including phenoxy) is 1. The third-order valence-electron chi connectivity index (χ3n) is 4.79. The monoisotopic (exact) mass is 475 g/mol.